The second-order valence-electron chi connectivity index (χ2n) is 7.67. The molecule has 16 heteroatoms. The molecule has 192 valence electrons. The van der Waals surface area contributed by atoms with Crippen molar-refractivity contribution in [3.05, 3.63) is 76.8 Å². The average molecular weight is 604 g/mol. The number of amides is 1. The molecule has 0 aromatic heterocycles. The zero-order valence-corrected chi connectivity index (χ0v) is 24.9. The summed E-state index contributed by atoms with van der Waals surface area (Å²) in [5, 5.41) is 12.4. The first kappa shape index (κ1) is 30.2. The zero-order valence-electron chi connectivity index (χ0n) is 19.7. The van der Waals surface area contributed by atoms with E-state index in [-0.39, 0.29) is 62.2 Å². The molecule has 0 bridgehead atoms. The molecule has 0 saturated heterocycles. The topological polar surface area (TPSA) is 161 Å². The molecule has 1 amide bonds. The Bertz CT molecular complexity index is 1670. The van der Waals surface area contributed by atoms with Gasteiger partial charge in [0.05, 0.1) is 42.6 Å². The van der Waals surface area contributed by atoms with Gasteiger partial charge in [-0.3, -0.25) is 9.52 Å². The van der Waals surface area contributed by atoms with E-state index in [1.807, 2.05) is 0 Å². The monoisotopic (exact) mass is 603 g/mol. The van der Waals surface area contributed by atoms with Crippen molar-refractivity contribution < 1.29 is 55.7 Å². The van der Waals surface area contributed by atoms with E-state index in [1.165, 1.54) is 31.2 Å². The molecule has 0 saturated carbocycles. The second-order valence-corrected chi connectivity index (χ2v) is 11.5. The first-order valence-electron chi connectivity index (χ1n) is 10.3. The van der Waals surface area contributed by atoms with Crippen LogP contribution >= 0.6 is 23.2 Å². The summed E-state index contributed by atoms with van der Waals surface area (Å²) in [6.07, 6.45) is 0. The van der Waals surface area contributed by atoms with Crippen molar-refractivity contribution in [3.63, 3.8) is 0 Å². The van der Waals surface area contributed by atoms with E-state index in [2.05, 4.69) is 20.1 Å². The SMILES string of the molecule is CC1=NN(c2cc(Cl)c(S(=O)(=O)[O-])cc2Cl)C(=O)C1N=Nc1cccc(NS(=O)(=O)c2ccccc2)c1.[Na+]. The summed E-state index contributed by atoms with van der Waals surface area (Å²) >= 11 is 12.0. The Morgan fingerprint density at radius 1 is 0.974 bits per heavy atom. The number of halogens is 2. The van der Waals surface area contributed by atoms with Gasteiger partial charge in [-0.15, -0.1) is 0 Å². The molecular formula is C22H16Cl2N5NaO6S2. The fourth-order valence-electron chi connectivity index (χ4n) is 3.30. The van der Waals surface area contributed by atoms with E-state index >= 15 is 0 Å². The summed E-state index contributed by atoms with van der Waals surface area (Å²) in [5.41, 5.74) is 0.708. The maximum absolute atomic E-state index is 13.0. The van der Waals surface area contributed by atoms with Gasteiger partial charge in [-0.2, -0.15) is 20.3 Å². The van der Waals surface area contributed by atoms with Gasteiger partial charge in [0, 0.05) is 0 Å². The van der Waals surface area contributed by atoms with Gasteiger partial charge in [0.2, 0.25) is 0 Å². The number of carbonyl (C=O) groups is 1. The Morgan fingerprint density at radius 3 is 2.32 bits per heavy atom. The van der Waals surface area contributed by atoms with Crippen LogP contribution in [0.15, 0.2) is 91.9 Å². The molecule has 3 aromatic rings. The van der Waals surface area contributed by atoms with Crippen LogP contribution in [0.3, 0.4) is 0 Å². The fraction of sp³-hybridized carbons (Fsp3) is 0.0909. The number of hydrogen-bond acceptors (Lipinski definition) is 9. The number of sulfonamides is 1. The maximum atomic E-state index is 13.0. The van der Waals surface area contributed by atoms with Crippen molar-refractivity contribution in [2.45, 2.75) is 22.8 Å². The number of hydrogen-bond donors (Lipinski definition) is 1. The van der Waals surface area contributed by atoms with Crippen LogP contribution in [0.2, 0.25) is 10.0 Å². The Morgan fingerprint density at radius 2 is 1.66 bits per heavy atom. The van der Waals surface area contributed by atoms with E-state index in [4.69, 9.17) is 23.2 Å². The van der Waals surface area contributed by atoms with Gasteiger partial charge in [-0.25, -0.2) is 16.8 Å². The molecule has 0 radical (unpaired) electrons. The smallest absolute Gasteiger partial charge is 0.744 e. The summed E-state index contributed by atoms with van der Waals surface area (Å²) in [6.45, 7) is 1.53. The van der Waals surface area contributed by atoms with Crippen LogP contribution in [0.4, 0.5) is 17.1 Å². The van der Waals surface area contributed by atoms with Crippen LogP contribution in [-0.4, -0.2) is 39.0 Å². The number of nitrogens with zero attached hydrogens (tertiary/aromatic N) is 4. The van der Waals surface area contributed by atoms with Crippen LogP contribution in [0.25, 0.3) is 0 Å². The predicted octanol–water partition coefficient (Wildman–Crippen LogP) is 1.58. The van der Waals surface area contributed by atoms with Gasteiger partial charge >= 0.3 is 29.6 Å². The van der Waals surface area contributed by atoms with Gasteiger partial charge in [0.15, 0.2) is 6.04 Å². The van der Waals surface area contributed by atoms with Gasteiger partial charge in [-0.05, 0) is 49.4 Å². The Kier molecular flexibility index (Phi) is 9.37. The molecule has 38 heavy (non-hydrogen) atoms. The van der Waals surface area contributed by atoms with Gasteiger partial charge in [0.1, 0.15) is 10.1 Å². The van der Waals surface area contributed by atoms with E-state index < -0.39 is 42.0 Å². The minimum Gasteiger partial charge on any atom is -0.744 e. The minimum absolute atomic E-state index is 0. The Hall–Kier alpha value is -2.36. The van der Waals surface area contributed by atoms with Gasteiger partial charge in [0.25, 0.3) is 15.9 Å². The number of anilines is 2. The molecular weight excluding hydrogens is 588 g/mol. The van der Waals surface area contributed by atoms with Crippen molar-refractivity contribution in [1.29, 1.82) is 0 Å². The summed E-state index contributed by atoms with van der Waals surface area (Å²) in [7, 11) is -8.70. The van der Waals surface area contributed by atoms with E-state index in [9.17, 15) is 26.2 Å². The molecule has 0 aliphatic carbocycles. The first-order chi connectivity index (χ1) is 17.4. The molecule has 1 atom stereocenters. The molecule has 1 N–H and O–H groups in total. The van der Waals surface area contributed by atoms with Crippen molar-refractivity contribution in [1.82, 2.24) is 0 Å². The number of nitrogens with one attached hydrogen (secondary N) is 1. The number of carbonyl (C=O) groups excluding carboxylic acids is 1. The molecule has 4 rings (SSSR count). The third kappa shape index (κ3) is 6.61. The third-order valence-corrected chi connectivity index (χ3v) is 8.04. The summed E-state index contributed by atoms with van der Waals surface area (Å²) in [4.78, 5) is 12.3. The standard InChI is InChI=1S/C22H17Cl2N5O6S2.Na/c1-13-21(22(30)29(27-13)19-11-18(24)20(12-17(19)23)37(33,34)35)26-25-14-6-5-7-15(10-14)28-36(31,32)16-8-3-2-4-9-16;/h2-12,21,28H,1H3,(H,33,34,35);/q;+1/p-1. The van der Waals surface area contributed by atoms with Gasteiger partial charge in [-0.1, -0.05) is 47.5 Å². The van der Waals surface area contributed by atoms with Crippen LogP contribution in [0.5, 0.6) is 0 Å². The molecule has 1 aliphatic heterocycles. The van der Waals surface area contributed by atoms with Crippen molar-refractivity contribution in [2.75, 3.05) is 9.73 Å². The number of azo groups is 1. The minimum atomic E-state index is -4.88. The molecule has 3 aromatic carbocycles. The average Bonchev–Trinajstić information content (AvgIpc) is 3.11. The first-order valence-corrected chi connectivity index (χ1v) is 13.9. The molecule has 1 aliphatic rings. The molecule has 11 nitrogen and oxygen atoms in total. The van der Waals surface area contributed by atoms with E-state index in [1.54, 1.807) is 30.3 Å². The van der Waals surface area contributed by atoms with E-state index in [0.29, 0.717) is 0 Å². The largest absolute Gasteiger partial charge is 1.00 e. The summed E-state index contributed by atoms with van der Waals surface area (Å²) in [6, 6.07) is 14.7. The number of hydrazone groups is 1. The van der Waals surface area contributed by atoms with E-state index in [0.717, 1.165) is 17.1 Å². The summed E-state index contributed by atoms with van der Waals surface area (Å²) < 4.78 is 61.6. The quantitative estimate of drug-likeness (QED) is 0.245. The normalized spacial score (nSPS) is 15.9. The maximum Gasteiger partial charge on any atom is 1.00 e. The second kappa shape index (κ2) is 11.8. The van der Waals surface area contributed by atoms with Crippen LogP contribution in [-0.2, 0) is 24.9 Å². The van der Waals surface area contributed by atoms with Crippen LogP contribution in [0, 0.1) is 0 Å². The molecule has 0 spiro atoms. The molecule has 0 fully saturated rings. The zero-order chi connectivity index (χ0) is 27.0. The fourth-order valence-corrected chi connectivity index (χ4v) is 5.68. The summed E-state index contributed by atoms with van der Waals surface area (Å²) in [5.74, 6) is -0.655. The third-order valence-electron chi connectivity index (χ3n) is 5.04. The van der Waals surface area contributed by atoms with Gasteiger partial charge < -0.3 is 4.55 Å². The van der Waals surface area contributed by atoms with Crippen molar-refractivity contribution >= 4 is 72.0 Å². The van der Waals surface area contributed by atoms with Crippen LogP contribution in [0.1, 0.15) is 6.92 Å². The Labute approximate surface area is 250 Å². The van der Waals surface area contributed by atoms with Crippen LogP contribution < -0.4 is 39.3 Å². The predicted molar refractivity (Wildman–Crippen MR) is 137 cm³/mol. The number of benzene rings is 3. The van der Waals surface area contributed by atoms with Crippen molar-refractivity contribution in [3.8, 4) is 0 Å². The number of rotatable bonds is 7. The molecule has 1 heterocycles. The Balaban J connectivity index is 0.00000400. The van der Waals surface area contributed by atoms with Crippen molar-refractivity contribution in [2.24, 2.45) is 15.3 Å². The molecule has 1 unspecified atom stereocenters.